The summed E-state index contributed by atoms with van der Waals surface area (Å²) in [4.78, 5) is 22.2. The Morgan fingerprint density at radius 1 is 1.29 bits per heavy atom. The van der Waals surface area contributed by atoms with Crippen LogP contribution in [0.2, 0.25) is 5.82 Å². The summed E-state index contributed by atoms with van der Waals surface area (Å²) in [6, 6.07) is 6.79. The quantitative estimate of drug-likeness (QED) is 0.468. The summed E-state index contributed by atoms with van der Waals surface area (Å²) >= 11 is -0.115. The van der Waals surface area contributed by atoms with E-state index in [-0.39, 0.29) is 19.6 Å². The van der Waals surface area contributed by atoms with Crippen LogP contribution in [0.1, 0.15) is 17.3 Å². The predicted molar refractivity (Wildman–Crippen MR) is 53.7 cm³/mol. The molecule has 0 saturated heterocycles. The normalized spacial score (nSPS) is 9.57. The number of hydrogen-bond donors (Lipinski definition) is 0. The Bertz CT molecular complexity index is 360. The van der Waals surface area contributed by atoms with Gasteiger partial charge in [-0.25, -0.2) is 0 Å². The molecule has 0 amide bonds. The van der Waals surface area contributed by atoms with Gasteiger partial charge in [-0.3, -0.25) is 0 Å². The third-order valence-electron chi connectivity index (χ3n) is 1.55. The molecule has 0 spiro atoms. The average Bonchev–Trinajstić information content (AvgIpc) is 2.16. The number of esters is 1. The number of carbonyl (C=O) groups is 2. The molecule has 0 radical (unpaired) electrons. The van der Waals surface area contributed by atoms with E-state index in [0.29, 0.717) is 11.3 Å². The fourth-order valence-electron chi connectivity index (χ4n) is 0.989. The number of benzene rings is 1. The Balaban J connectivity index is 3.02. The molecule has 4 heteroatoms. The molecule has 0 aliphatic heterocycles. The summed E-state index contributed by atoms with van der Waals surface area (Å²) in [5, 5.41) is 0. The van der Waals surface area contributed by atoms with Crippen LogP contribution in [0.25, 0.3) is 0 Å². The third kappa shape index (κ3) is 2.69. The molecule has 0 atom stereocenters. The van der Waals surface area contributed by atoms with Crippen molar-refractivity contribution in [1.29, 1.82) is 0 Å². The van der Waals surface area contributed by atoms with Gasteiger partial charge in [-0.15, -0.1) is 0 Å². The Morgan fingerprint density at radius 3 is 2.50 bits per heavy atom. The fraction of sp³-hybridized carbons (Fsp3) is 0.200. The molecule has 0 saturated carbocycles. The fourth-order valence-corrected chi connectivity index (χ4v) is 1.80. The average molecular weight is 257 g/mol. The molecule has 14 heavy (non-hydrogen) atoms. The second kappa shape index (κ2) is 4.94. The van der Waals surface area contributed by atoms with Crippen molar-refractivity contribution < 1.29 is 14.3 Å². The zero-order valence-corrected chi connectivity index (χ0v) is 9.66. The molecule has 0 aromatic heterocycles. The van der Waals surface area contributed by atoms with Crippen LogP contribution < -0.4 is 4.74 Å². The van der Waals surface area contributed by atoms with E-state index in [9.17, 15) is 9.59 Å². The third-order valence-corrected chi connectivity index (χ3v) is 2.79. The van der Waals surface area contributed by atoms with Gasteiger partial charge >= 0.3 is 88.3 Å². The first kappa shape index (κ1) is 11.0. The first-order valence-corrected chi connectivity index (χ1v) is 6.58. The minimum absolute atomic E-state index is 0.0364. The molecule has 0 bridgehead atoms. The molecule has 0 unspecified atom stereocenters. The van der Waals surface area contributed by atoms with Crippen molar-refractivity contribution in [2.75, 3.05) is 0 Å². The van der Waals surface area contributed by atoms with Crippen LogP contribution in [0.4, 0.5) is 0 Å². The predicted octanol–water partition coefficient (Wildman–Crippen LogP) is 1.50. The Morgan fingerprint density at radius 2 is 1.93 bits per heavy atom. The van der Waals surface area contributed by atoms with Gasteiger partial charge in [0.05, 0.1) is 0 Å². The molecule has 0 aliphatic rings. The molecule has 1 aromatic carbocycles. The van der Waals surface area contributed by atoms with Crippen molar-refractivity contribution in [2.24, 2.45) is 0 Å². The summed E-state index contributed by atoms with van der Waals surface area (Å²) in [7, 11) is 0. The molecule has 1 rings (SSSR count). The molecule has 0 heterocycles. The van der Waals surface area contributed by atoms with Crippen LogP contribution >= 0.6 is 0 Å². The van der Waals surface area contributed by atoms with Gasteiger partial charge in [0.2, 0.25) is 0 Å². The monoisotopic (exact) mass is 258 g/mol. The first-order chi connectivity index (χ1) is 6.65. The van der Waals surface area contributed by atoms with Crippen LogP contribution in [0.5, 0.6) is 5.75 Å². The number of para-hydroxylation sites is 1. The van der Waals surface area contributed by atoms with E-state index < -0.39 is 5.97 Å². The van der Waals surface area contributed by atoms with Gasteiger partial charge in [0, 0.05) is 0 Å². The van der Waals surface area contributed by atoms with Crippen molar-refractivity contribution in [2.45, 2.75) is 12.7 Å². The topological polar surface area (TPSA) is 43.4 Å². The summed E-state index contributed by atoms with van der Waals surface area (Å²) in [5.74, 6) is 1.78. The van der Waals surface area contributed by atoms with Crippen molar-refractivity contribution in [3.05, 3.63) is 29.8 Å². The number of rotatable bonds is 3. The standard InChI is InChI=1S/C10H10O3Se/c1-7(11)13-9-6-4-3-5-8(9)10(12)14-2/h3-6H,1-2H3. The van der Waals surface area contributed by atoms with Crippen molar-refractivity contribution >= 4 is 25.6 Å². The van der Waals surface area contributed by atoms with Gasteiger partial charge < -0.3 is 0 Å². The van der Waals surface area contributed by atoms with Crippen molar-refractivity contribution in [3.8, 4) is 5.75 Å². The van der Waals surface area contributed by atoms with Gasteiger partial charge in [0.15, 0.2) is 0 Å². The maximum absolute atomic E-state index is 11.5. The number of hydrogen-bond acceptors (Lipinski definition) is 3. The van der Waals surface area contributed by atoms with E-state index in [1.54, 1.807) is 24.3 Å². The Labute approximate surface area is 88.6 Å². The van der Waals surface area contributed by atoms with Gasteiger partial charge in [0.1, 0.15) is 0 Å². The van der Waals surface area contributed by atoms with Crippen LogP contribution in [-0.4, -0.2) is 25.6 Å². The van der Waals surface area contributed by atoms with E-state index in [1.807, 2.05) is 5.82 Å². The molecule has 74 valence electrons. The molecular weight excluding hydrogens is 247 g/mol. The van der Waals surface area contributed by atoms with Gasteiger partial charge in [-0.1, -0.05) is 0 Å². The van der Waals surface area contributed by atoms with E-state index >= 15 is 0 Å². The van der Waals surface area contributed by atoms with Crippen LogP contribution in [-0.2, 0) is 4.79 Å². The summed E-state index contributed by atoms with van der Waals surface area (Å²) < 4.78 is 4.96. The number of carbonyl (C=O) groups excluding carboxylic acids is 2. The van der Waals surface area contributed by atoms with Crippen LogP contribution in [0.3, 0.4) is 0 Å². The van der Waals surface area contributed by atoms with Crippen LogP contribution in [0, 0.1) is 0 Å². The van der Waals surface area contributed by atoms with Gasteiger partial charge in [-0.05, 0) is 0 Å². The molecule has 0 N–H and O–H groups in total. The molecule has 0 fully saturated rings. The van der Waals surface area contributed by atoms with E-state index in [4.69, 9.17) is 4.74 Å². The zero-order chi connectivity index (χ0) is 10.6. The minimum atomic E-state index is -0.408. The second-order valence-corrected chi connectivity index (χ2v) is 4.22. The number of ether oxygens (including phenoxy) is 1. The summed E-state index contributed by atoms with van der Waals surface area (Å²) in [6.07, 6.45) is 0. The van der Waals surface area contributed by atoms with E-state index in [2.05, 4.69) is 0 Å². The summed E-state index contributed by atoms with van der Waals surface area (Å²) in [6.45, 7) is 1.32. The van der Waals surface area contributed by atoms with Gasteiger partial charge in [-0.2, -0.15) is 0 Å². The molecule has 3 nitrogen and oxygen atoms in total. The maximum atomic E-state index is 11.5. The van der Waals surface area contributed by atoms with E-state index in [0.717, 1.165) is 0 Å². The first-order valence-electron chi connectivity index (χ1n) is 4.01. The van der Waals surface area contributed by atoms with Crippen molar-refractivity contribution in [1.82, 2.24) is 0 Å². The van der Waals surface area contributed by atoms with Crippen molar-refractivity contribution in [3.63, 3.8) is 0 Å². The zero-order valence-electron chi connectivity index (χ0n) is 7.94. The Kier molecular flexibility index (Phi) is 3.86. The van der Waals surface area contributed by atoms with Crippen LogP contribution in [0.15, 0.2) is 24.3 Å². The molecule has 0 aliphatic carbocycles. The summed E-state index contributed by atoms with van der Waals surface area (Å²) in [5.41, 5.74) is 0.491. The second-order valence-electron chi connectivity index (χ2n) is 2.58. The Hall–Kier alpha value is -1.12. The van der Waals surface area contributed by atoms with E-state index in [1.165, 1.54) is 6.92 Å². The van der Waals surface area contributed by atoms with Gasteiger partial charge in [0.25, 0.3) is 0 Å². The SMILES string of the molecule is C[Se]C(=O)c1ccccc1OC(C)=O. The molecule has 1 aromatic rings. The molecular formula is C10H10O3Se.